The second-order valence-corrected chi connectivity index (χ2v) is 9.99. The summed E-state index contributed by atoms with van der Waals surface area (Å²) in [7, 11) is 0. The Kier molecular flexibility index (Phi) is 8.12. The van der Waals surface area contributed by atoms with E-state index in [4.69, 9.17) is 67.2 Å². The number of nitrogens with one attached hydrogen (secondary N) is 1. The number of anilines is 1. The molecule has 11 heteroatoms. The second-order valence-electron chi connectivity index (χ2n) is 8.10. The van der Waals surface area contributed by atoms with Crippen LogP contribution in [-0.4, -0.2) is 15.7 Å². The molecule has 6 nitrogen and oxygen atoms in total. The van der Waals surface area contributed by atoms with Crippen molar-refractivity contribution in [1.29, 1.82) is 0 Å². The lowest BCUT2D eigenvalue weighted by Crippen LogP contribution is -2.12. The number of carbonyl (C=O) groups excluding carboxylic acids is 1. The number of aryl methyl sites for hydroxylation is 2. The van der Waals surface area contributed by atoms with E-state index in [1.807, 2.05) is 25.5 Å². The summed E-state index contributed by atoms with van der Waals surface area (Å²) >= 11 is 30.5. The molecule has 4 rings (SSSR count). The number of hydrogen-bond donors (Lipinski definition) is 1. The van der Waals surface area contributed by atoms with Gasteiger partial charge in [-0.3, -0.25) is 9.48 Å². The minimum absolute atomic E-state index is 0.0224. The molecule has 188 valence electrons. The third kappa shape index (κ3) is 5.48. The summed E-state index contributed by atoms with van der Waals surface area (Å²) in [5.74, 6) is 0.101. The number of amides is 1. The van der Waals surface area contributed by atoms with Crippen LogP contribution in [0.1, 0.15) is 38.8 Å². The van der Waals surface area contributed by atoms with E-state index in [0.717, 1.165) is 11.3 Å². The number of hydrogen-bond acceptors (Lipinski definition) is 4. The van der Waals surface area contributed by atoms with Gasteiger partial charge in [-0.15, -0.1) is 0 Å². The summed E-state index contributed by atoms with van der Waals surface area (Å²) in [5, 5.41) is 7.59. The van der Waals surface area contributed by atoms with Crippen LogP contribution in [0.15, 0.2) is 40.8 Å². The lowest BCUT2D eigenvalue weighted by Gasteiger charge is -2.12. The molecule has 0 fully saturated rings. The molecule has 0 saturated heterocycles. The Labute approximate surface area is 233 Å². The van der Waals surface area contributed by atoms with Gasteiger partial charge in [-0.25, -0.2) is 0 Å². The Bertz CT molecular complexity index is 1420. The van der Waals surface area contributed by atoms with Crippen LogP contribution < -0.4 is 10.1 Å². The zero-order valence-electron chi connectivity index (χ0n) is 19.4. The maximum atomic E-state index is 12.9. The fourth-order valence-corrected chi connectivity index (χ4v) is 4.74. The topological polar surface area (TPSA) is 69.3 Å². The van der Waals surface area contributed by atoms with E-state index < -0.39 is 5.91 Å². The number of benzene rings is 2. The average molecular weight is 588 g/mol. The van der Waals surface area contributed by atoms with Crippen LogP contribution in [0.4, 0.5) is 5.69 Å². The molecular weight excluding hydrogens is 568 g/mol. The highest BCUT2D eigenvalue weighted by Gasteiger charge is 2.22. The Hall–Kier alpha value is -2.35. The summed E-state index contributed by atoms with van der Waals surface area (Å²) in [6.45, 7) is 6.30. The molecule has 0 aliphatic carbocycles. The van der Waals surface area contributed by atoms with Gasteiger partial charge in [-0.1, -0.05) is 87.8 Å². The molecule has 0 unspecified atom stereocenters. The molecule has 0 radical (unpaired) electrons. The summed E-state index contributed by atoms with van der Waals surface area (Å²) < 4.78 is 13.2. The molecule has 2 aromatic heterocycles. The van der Waals surface area contributed by atoms with Gasteiger partial charge in [-0.05, 0) is 38.5 Å². The van der Waals surface area contributed by atoms with Gasteiger partial charge >= 0.3 is 0 Å². The average Bonchev–Trinajstić information content (AvgIpc) is 3.43. The van der Waals surface area contributed by atoms with Crippen molar-refractivity contribution in [2.45, 2.75) is 33.9 Å². The summed E-state index contributed by atoms with van der Waals surface area (Å²) in [5.41, 5.74) is 4.46. The molecule has 0 saturated carbocycles. The van der Waals surface area contributed by atoms with Crippen molar-refractivity contribution >= 4 is 69.6 Å². The van der Waals surface area contributed by atoms with E-state index >= 15 is 0 Å². The predicted octanol–water partition coefficient (Wildman–Crippen LogP) is 8.55. The van der Waals surface area contributed by atoms with Gasteiger partial charge in [0.05, 0.1) is 38.7 Å². The van der Waals surface area contributed by atoms with Crippen LogP contribution in [-0.2, 0) is 13.2 Å². The van der Waals surface area contributed by atoms with Crippen molar-refractivity contribution in [3.8, 4) is 5.75 Å². The van der Waals surface area contributed by atoms with Gasteiger partial charge in [-0.2, -0.15) is 5.10 Å². The van der Waals surface area contributed by atoms with Gasteiger partial charge in [0.25, 0.3) is 5.91 Å². The number of nitrogens with zero attached hydrogens (tertiary/aromatic N) is 2. The first-order valence-electron chi connectivity index (χ1n) is 10.7. The Morgan fingerprint density at radius 1 is 0.917 bits per heavy atom. The maximum absolute atomic E-state index is 12.9. The normalized spacial score (nSPS) is 11.1. The third-order valence-corrected chi connectivity index (χ3v) is 7.73. The number of aromatic nitrogens is 2. The lowest BCUT2D eigenvalue weighted by molar-refractivity contribution is 0.0992. The van der Waals surface area contributed by atoms with Crippen molar-refractivity contribution in [3.63, 3.8) is 0 Å². The lowest BCUT2D eigenvalue weighted by atomic mass is 10.1. The van der Waals surface area contributed by atoms with E-state index in [2.05, 4.69) is 34.7 Å². The van der Waals surface area contributed by atoms with E-state index in [-0.39, 0.29) is 43.2 Å². The molecule has 0 spiro atoms. The first-order valence-corrected chi connectivity index (χ1v) is 12.6. The molecule has 1 amide bonds. The second kappa shape index (κ2) is 11.0. The molecule has 0 aliphatic rings. The largest absolute Gasteiger partial charge is 0.482 e. The van der Waals surface area contributed by atoms with Crippen molar-refractivity contribution in [1.82, 2.24) is 9.78 Å². The molecule has 2 heterocycles. The van der Waals surface area contributed by atoms with Gasteiger partial charge in [0.2, 0.25) is 0 Å². The van der Waals surface area contributed by atoms with Crippen molar-refractivity contribution < 1.29 is 13.9 Å². The standard InChI is InChI=1S/C25H20Cl5N3O3/c1-12-4-6-15(7-5-12)10-33-14(3)23(13(2)32-33)31-25(34)17-9-8-16(36-17)11-35-24-21(29)19(27)18(26)20(28)22(24)30/h4-9H,10-11H2,1-3H3,(H,31,34). The van der Waals surface area contributed by atoms with Crippen LogP contribution in [0.5, 0.6) is 5.75 Å². The molecule has 0 bridgehead atoms. The van der Waals surface area contributed by atoms with Gasteiger partial charge in [0.15, 0.2) is 11.5 Å². The highest BCUT2D eigenvalue weighted by Crippen LogP contribution is 2.48. The number of carbonyl (C=O) groups is 1. The zero-order chi connectivity index (χ0) is 26.1. The van der Waals surface area contributed by atoms with Crippen molar-refractivity contribution in [2.24, 2.45) is 0 Å². The van der Waals surface area contributed by atoms with Crippen LogP contribution >= 0.6 is 58.0 Å². The van der Waals surface area contributed by atoms with Crippen LogP contribution in [0, 0.1) is 20.8 Å². The molecule has 0 atom stereocenters. The highest BCUT2D eigenvalue weighted by molar-refractivity contribution is 6.55. The van der Waals surface area contributed by atoms with E-state index in [0.29, 0.717) is 23.7 Å². The minimum atomic E-state index is -0.420. The van der Waals surface area contributed by atoms with Crippen molar-refractivity contribution in [2.75, 3.05) is 5.32 Å². The van der Waals surface area contributed by atoms with Crippen LogP contribution in [0.2, 0.25) is 25.1 Å². The predicted molar refractivity (Wildman–Crippen MR) is 144 cm³/mol. The van der Waals surface area contributed by atoms with Crippen molar-refractivity contribution in [3.05, 3.63) is 95.5 Å². The first kappa shape index (κ1) is 26.7. The summed E-state index contributed by atoms with van der Waals surface area (Å²) in [4.78, 5) is 12.9. The first-order chi connectivity index (χ1) is 17.1. The summed E-state index contributed by atoms with van der Waals surface area (Å²) in [6, 6.07) is 11.4. The fraction of sp³-hybridized carbons (Fsp3) is 0.200. The number of ether oxygens (including phenoxy) is 1. The van der Waals surface area contributed by atoms with Gasteiger partial charge in [0, 0.05) is 0 Å². The van der Waals surface area contributed by atoms with E-state index in [9.17, 15) is 4.79 Å². The highest BCUT2D eigenvalue weighted by atomic mass is 35.5. The van der Waals surface area contributed by atoms with E-state index in [1.54, 1.807) is 12.1 Å². The summed E-state index contributed by atoms with van der Waals surface area (Å²) in [6.07, 6.45) is 0. The Balaban J connectivity index is 1.45. The van der Waals surface area contributed by atoms with Gasteiger partial charge in [0.1, 0.15) is 22.4 Å². The number of halogens is 5. The number of rotatable bonds is 7. The monoisotopic (exact) mass is 585 g/mol. The minimum Gasteiger partial charge on any atom is -0.482 e. The Morgan fingerprint density at radius 3 is 2.17 bits per heavy atom. The third-order valence-electron chi connectivity index (χ3n) is 5.49. The fourth-order valence-electron chi connectivity index (χ4n) is 3.51. The molecule has 1 N–H and O–H groups in total. The van der Waals surface area contributed by atoms with Crippen LogP contribution in [0.3, 0.4) is 0 Å². The zero-order valence-corrected chi connectivity index (χ0v) is 23.2. The molecule has 36 heavy (non-hydrogen) atoms. The molecule has 2 aromatic carbocycles. The van der Waals surface area contributed by atoms with Gasteiger partial charge < -0.3 is 14.5 Å². The SMILES string of the molecule is Cc1ccc(Cn2nc(C)c(NC(=O)c3ccc(COc4c(Cl)c(Cl)c(Cl)c(Cl)c4Cl)o3)c2C)cc1. The van der Waals surface area contributed by atoms with E-state index in [1.165, 1.54) is 5.56 Å². The number of furan rings is 1. The maximum Gasteiger partial charge on any atom is 0.291 e. The quantitative estimate of drug-likeness (QED) is 0.174. The molecule has 0 aliphatic heterocycles. The molecule has 4 aromatic rings. The smallest absolute Gasteiger partial charge is 0.291 e. The van der Waals surface area contributed by atoms with Crippen LogP contribution in [0.25, 0.3) is 0 Å². The molecular formula is C25H20Cl5N3O3. The Morgan fingerprint density at radius 2 is 1.53 bits per heavy atom.